The van der Waals surface area contributed by atoms with E-state index in [1.54, 1.807) is 6.33 Å². The van der Waals surface area contributed by atoms with Crippen LogP contribution < -0.4 is 10.6 Å². The van der Waals surface area contributed by atoms with Crippen molar-refractivity contribution in [3.05, 3.63) is 12.2 Å². The Balaban J connectivity index is 1.65. The van der Waals surface area contributed by atoms with Gasteiger partial charge in [-0.15, -0.1) is 0 Å². The topological polar surface area (TPSA) is 71.8 Å². The van der Waals surface area contributed by atoms with Crippen molar-refractivity contribution in [2.24, 2.45) is 0 Å². The molecule has 1 saturated carbocycles. The molecule has 0 bridgehead atoms. The zero-order chi connectivity index (χ0) is 13.0. The molecule has 0 radical (unpaired) electrons. The number of nitrogens with zero attached hydrogens (tertiary/aromatic N) is 3. The molecular weight excluding hydrogens is 230 g/mol. The van der Waals surface area contributed by atoms with Crippen molar-refractivity contribution in [3.8, 4) is 0 Å². The standard InChI is InChI=1S/C12H21N5O/c1-9(2)17-11(14-8-15-17)7-13-6-5-12(18)16-10-3-4-10/h8-10,13H,3-7H2,1-2H3,(H,16,18). The average Bonchev–Trinajstić information content (AvgIpc) is 2.99. The normalized spacial score (nSPS) is 15.1. The van der Waals surface area contributed by atoms with Crippen molar-refractivity contribution in [2.75, 3.05) is 6.54 Å². The highest BCUT2D eigenvalue weighted by Gasteiger charge is 2.22. The molecule has 1 aromatic heterocycles. The zero-order valence-electron chi connectivity index (χ0n) is 11.0. The van der Waals surface area contributed by atoms with E-state index in [4.69, 9.17) is 0 Å². The summed E-state index contributed by atoms with van der Waals surface area (Å²) in [4.78, 5) is 15.6. The van der Waals surface area contributed by atoms with Crippen LogP contribution in [0.3, 0.4) is 0 Å². The molecule has 0 unspecified atom stereocenters. The monoisotopic (exact) mass is 251 g/mol. The van der Waals surface area contributed by atoms with Gasteiger partial charge in [0, 0.05) is 25.0 Å². The van der Waals surface area contributed by atoms with Gasteiger partial charge < -0.3 is 10.6 Å². The first-order valence-corrected chi connectivity index (χ1v) is 6.55. The van der Waals surface area contributed by atoms with E-state index < -0.39 is 0 Å². The molecule has 2 N–H and O–H groups in total. The van der Waals surface area contributed by atoms with Gasteiger partial charge in [0.25, 0.3) is 0 Å². The van der Waals surface area contributed by atoms with Gasteiger partial charge in [0.1, 0.15) is 12.2 Å². The lowest BCUT2D eigenvalue weighted by molar-refractivity contribution is -0.121. The van der Waals surface area contributed by atoms with Gasteiger partial charge in [-0.3, -0.25) is 4.79 Å². The summed E-state index contributed by atoms with van der Waals surface area (Å²) in [6.07, 6.45) is 4.36. The summed E-state index contributed by atoms with van der Waals surface area (Å²) < 4.78 is 1.89. The van der Waals surface area contributed by atoms with E-state index in [2.05, 4.69) is 34.6 Å². The molecule has 1 fully saturated rings. The van der Waals surface area contributed by atoms with Gasteiger partial charge in [0.15, 0.2) is 0 Å². The summed E-state index contributed by atoms with van der Waals surface area (Å²) in [5, 5.41) is 10.4. The van der Waals surface area contributed by atoms with Gasteiger partial charge in [0.05, 0.1) is 6.54 Å². The maximum atomic E-state index is 11.4. The lowest BCUT2D eigenvalue weighted by Crippen LogP contribution is -2.29. The molecule has 2 rings (SSSR count). The molecule has 1 heterocycles. The van der Waals surface area contributed by atoms with Crippen LogP contribution in [0.1, 0.15) is 45.0 Å². The number of carbonyl (C=O) groups excluding carboxylic acids is 1. The summed E-state index contributed by atoms with van der Waals surface area (Å²) in [6, 6.07) is 0.754. The second kappa shape index (κ2) is 5.95. The van der Waals surface area contributed by atoms with Crippen molar-refractivity contribution in [1.82, 2.24) is 25.4 Å². The largest absolute Gasteiger partial charge is 0.353 e. The van der Waals surface area contributed by atoms with E-state index in [1.165, 1.54) is 0 Å². The molecule has 0 aliphatic heterocycles. The van der Waals surface area contributed by atoms with E-state index in [-0.39, 0.29) is 5.91 Å². The Morgan fingerprint density at radius 1 is 1.56 bits per heavy atom. The molecule has 1 aromatic rings. The Morgan fingerprint density at radius 2 is 2.33 bits per heavy atom. The van der Waals surface area contributed by atoms with Crippen LogP contribution in [-0.2, 0) is 11.3 Å². The first-order valence-electron chi connectivity index (χ1n) is 6.55. The highest BCUT2D eigenvalue weighted by atomic mass is 16.1. The summed E-state index contributed by atoms with van der Waals surface area (Å²) in [7, 11) is 0. The third-order valence-electron chi connectivity index (χ3n) is 2.89. The van der Waals surface area contributed by atoms with Gasteiger partial charge in [-0.25, -0.2) is 9.67 Å². The fourth-order valence-corrected chi connectivity index (χ4v) is 1.76. The first kappa shape index (κ1) is 13.0. The summed E-state index contributed by atoms with van der Waals surface area (Å²) in [6.45, 7) is 5.46. The maximum Gasteiger partial charge on any atom is 0.221 e. The van der Waals surface area contributed by atoms with Gasteiger partial charge >= 0.3 is 0 Å². The van der Waals surface area contributed by atoms with Crippen molar-refractivity contribution in [1.29, 1.82) is 0 Å². The lowest BCUT2D eigenvalue weighted by Gasteiger charge is -2.10. The Morgan fingerprint density at radius 3 is 3.00 bits per heavy atom. The van der Waals surface area contributed by atoms with Crippen LogP contribution in [-0.4, -0.2) is 33.3 Å². The van der Waals surface area contributed by atoms with Crippen LogP contribution in [0.2, 0.25) is 0 Å². The Kier molecular flexibility index (Phi) is 4.30. The predicted octanol–water partition coefficient (Wildman–Crippen LogP) is 0.617. The second-order valence-corrected chi connectivity index (χ2v) is 4.98. The number of nitrogens with one attached hydrogen (secondary N) is 2. The molecule has 6 heteroatoms. The number of carbonyl (C=O) groups is 1. The SMILES string of the molecule is CC(C)n1ncnc1CNCCC(=O)NC1CC1. The van der Waals surface area contributed by atoms with Crippen LogP contribution in [0.15, 0.2) is 6.33 Å². The highest BCUT2D eigenvalue weighted by molar-refractivity contribution is 5.76. The van der Waals surface area contributed by atoms with E-state index in [0.29, 0.717) is 31.6 Å². The second-order valence-electron chi connectivity index (χ2n) is 4.98. The van der Waals surface area contributed by atoms with Crippen molar-refractivity contribution >= 4 is 5.91 Å². The summed E-state index contributed by atoms with van der Waals surface area (Å²) >= 11 is 0. The van der Waals surface area contributed by atoms with E-state index in [1.807, 2.05) is 4.68 Å². The smallest absolute Gasteiger partial charge is 0.221 e. The van der Waals surface area contributed by atoms with E-state index in [9.17, 15) is 4.79 Å². The molecule has 0 aromatic carbocycles. The van der Waals surface area contributed by atoms with Crippen molar-refractivity contribution in [3.63, 3.8) is 0 Å². The minimum absolute atomic E-state index is 0.135. The third kappa shape index (κ3) is 3.80. The third-order valence-corrected chi connectivity index (χ3v) is 2.89. The van der Waals surface area contributed by atoms with E-state index >= 15 is 0 Å². The number of rotatable bonds is 7. The number of hydrogen-bond acceptors (Lipinski definition) is 4. The summed E-state index contributed by atoms with van der Waals surface area (Å²) in [5.74, 6) is 1.04. The Hall–Kier alpha value is -1.43. The molecule has 1 aliphatic carbocycles. The Labute approximate surface area is 107 Å². The highest BCUT2D eigenvalue weighted by Crippen LogP contribution is 2.18. The molecule has 0 saturated heterocycles. The average molecular weight is 251 g/mol. The van der Waals surface area contributed by atoms with Crippen molar-refractivity contribution in [2.45, 2.75) is 51.7 Å². The first-order chi connectivity index (χ1) is 8.66. The van der Waals surface area contributed by atoms with E-state index in [0.717, 1.165) is 18.7 Å². The van der Waals surface area contributed by atoms with Crippen LogP contribution in [0.4, 0.5) is 0 Å². The molecule has 6 nitrogen and oxygen atoms in total. The van der Waals surface area contributed by atoms with Crippen LogP contribution in [0.25, 0.3) is 0 Å². The number of aromatic nitrogens is 3. The minimum Gasteiger partial charge on any atom is -0.353 e. The van der Waals surface area contributed by atoms with Crippen molar-refractivity contribution < 1.29 is 4.79 Å². The molecule has 100 valence electrons. The molecule has 18 heavy (non-hydrogen) atoms. The number of hydrogen-bond donors (Lipinski definition) is 2. The lowest BCUT2D eigenvalue weighted by atomic mass is 10.3. The molecule has 0 spiro atoms. The molecule has 1 amide bonds. The summed E-state index contributed by atoms with van der Waals surface area (Å²) in [5.41, 5.74) is 0. The van der Waals surface area contributed by atoms with Gasteiger partial charge in [-0.1, -0.05) is 0 Å². The van der Waals surface area contributed by atoms with Gasteiger partial charge in [-0.05, 0) is 26.7 Å². The fourth-order valence-electron chi connectivity index (χ4n) is 1.76. The molecular formula is C12H21N5O. The van der Waals surface area contributed by atoms with Gasteiger partial charge in [0.2, 0.25) is 5.91 Å². The fraction of sp³-hybridized carbons (Fsp3) is 0.750. The van der Waals surface area contributed by atoms with Gasteiger partial charge in [-0.2, -0.15) is 5.10 Å². The molecule has 0 atom stereocenters. The number of amides is 1. The quantitative estimate of drug-likeness (QED) is 0.697. The van der Waals surface area contributed by atoms with Crippen LogP contribution >= 0.6 is 0 Å². The maximum absolute atomic E-state index is 11.4. The minimum atomic E-state index is 0.135. The molecule has 1 aliphatic rings. The predicted molar refractivity (Wildman–Crippen MR) is 67.9 cm³/mol. The zero-order valence-corrected chi connectivity index (χ0v) is 11.0. The Bertz CT molecular complexity index is 397. The van der Waals surface area contributed by atoms with Crippen LogP contribution in [0, 0.1) is 0 Å². The van der Waals surface area contributed by atoms with Crippen LogP contribution in [0.5, 0.6) is 0 Å².